The zero-order valence-corrected chi connectivity index (χ0v) is 8.12. The lowest BCUT2D eigenvalue weighted by Crippen LogP contribution is -2.03. The van der Waals surface area contributed by atoms with Crippen molar-refractivity contribution in [3.63, 3.8) is 0 Å². The molecule has 0 saturated heterocycles. The number of nitrogens with zero attached hydrogens (tertiary/aromatic N) is 1. The van der Waals surface area contributed by atoms with Gasteiger partial charge in [-0.05, 0) is 12.1 Å². The van der Waals surface area contributed by atoms with Crippen LogP contribution in [0.3, 0.4) is 0 Å². The maximum absolute atomic E-state index is 13.6. The Morgan fingerprint density at radius 2 is 2.07 bits per heavy atom. The number of hydrogen-bond acceptors (Lipinski definition) is 2. The van der Waals surface area contributed by atoms with E-state index >= 15 is 0 Å². The van der Waals surface area contributed by atoms with Crippen LogP contribution < -0.4 is 0 Å². The Balaban J connectivity index is 2.88. The molecule has 0 saturated carbocycles. The van der Waals surface area contributed by atoms with Crippen LogP contribution in [0, 0.1) is 5.82 Å². The highest BCUT2D eigenvalue weighted by atomic mass is 35.5. The van der Waals surface area contributed by atoms with Crippen molar-refractivity contribution >= 4 is 28.5 Å². The fraction of sp³-hybridized carbons (Fsp3) is 0. The molecule has 0 fully saturated rings. The number of carbonyl (C=O) groups is 1. The number of pyridine rings is 1. The van der Waals surface area contributed by atoms with Gasteiger partial charge in [0.2, 0.25) is 0 Å². The highest BCUT2D eigenvalue weighted by molar-refractivity contribution is 6.34. The van der Waals surface area contributed by atoms with Gasteiger partial charge in [0.25, 0.3) is 0 Å². The fourth-order valence-corrected chi connectivity index (χ4v) is 1.52. The predicted molar refractivity (Wildman–Crippen MR) is 53.7 cm³/mol. The molecule has 15 heavy (non-hydrogen) atoms. The SMILES string of the molecule is O=C(O)c1nc2ccccc2c(F)c1Cl. The average molecular weight is 226 g/mol. The van der Waals surface area contributed by atoms with Crippen molar-refractivity contribution in [3.8, 4) is 0 Å². The van der Waals surface area contributed by atoms with Crippen LogP contribution >= 0.6 is 11.6 Å². The monoisotopic (exact) mass is 225 g/mol. The normalized spacial score (nSPS) is 10.5. The second-order valence-corrected chi connectivity index (χ2v) is 3.29. The highest BCUT2D eigenvalue weighted by Gasteiger charge is 2.17. The summed E-state index contributed by atoms with van der Waals surface area (Å²) < 4.78 is 13.6. The Morgan fingerprint density at radius 3 is 2.73 bits per heavy atom. The number of rotatable bonds is 1. The van der Waals surface area contributed by atoms with Crippen molar-refractivity contribution in [2.75, 3.05) is 0 Å². The van der Waals surface area contributed by atoms with E-state index in [2.05, 4.69) is 4.98 Å². The maximum Gasteiger partial charge on any atom is 0.356 e. The molecule has 2 rings (SSSR count). The van der Waals surface area contributed by atoms with E-state index in [1.165, 1.54) is 12.1 Å². The van der Waals surface area contributed by atoms with Crippen LogP contribution in [0.15, 0.2) is 24.3 Å². The largest absolute Gasteiger partial charge is 0.476 e. The molecule has 0 aliphatic heterocycles. The van der Waals surface area contributed by atoms with Gasteiger partial charge in [-0.15, -0.1) is 0 Å². The van der Waals surface area contributed by atoms with Crippen molar-refractivity contribution in [3.05, 3.63) is 40.8 Å². The van der Waals surface area contributed by atoms with Crippen LogP contribution in [-0.4, -0.2) is 16.1 Å². The smallest absolute Gasteiger partial charge is 0.356 e. The lowest BCUT2D eigenvalue weighted by Gasteiger charge is -2.03. The topological polar surface area (TPSA) is 50.2 Å². The van der Waals surface area contributed by atoms with Gasteiger partial charge in [-0.1, -0.05) is 23.7 Å². The summed E-state index contributed by atoms with van der Waals surface area (Å²) in [5.41, 5.74) is -0.190. The van der Waals surface area contributed by atoms with E-state index < -0.39 is 22.5 Å². The van der Waals surface area contributed by atoms with Gasteiger partial charge in [0.1, 0.15) is 5.02 Å². The zero-order valence-electron chi connectivity index (χ0n) is 7.37. The Labute approximate surface area is 89.1 Å². The first-order valence-electron chi connectivity index (χ1n) is 4.08. The van der Waals surface area contributed by atoms with Gasteiger partial charge in [0, 0.05) is 5.39 Å². The molecule has 1 heterocycles. The van der Waals surface area contributed by atoms with Crippen LogP contribution in [-0.2, 0) is 0 Å². The van der Waals surface area contributed by atoms with Gasteiger partial charge < -0.3 is 5.11 Å². The fourth-order valence-electron chi connectivity index (χ4n) is 1.29. The van der Waals surface area contributed by atoms with Gasteiger partial charge >= 0.3 is 5.97 Å². The van der Waals surface area contributed by atoms with Crippen LogP contribution in [0.4, 0.5) is 4.39 Å². The average Bonchev–Trinajstić information content (AvgIpc) is 2.23. The summed E-state index contributed by atoms with van der Waals surface area (Å²) in [5, 5.41) is 8.49. The number of benzene rings is 1. The molecule has 5 heteroatoms. The summed E-state index contributed by atoms with van der Waals surface area (Å²) in [5.74, 6) is -2.09. The number of hydrogen-bond donors (Lipinski definition) is 1. The molecule has 0 unspecified atom stereocenters. The Morgan fingerprint density at radius 1 is 1.40 bits per heavy atom. The molecule has 1 aromatic heterocycles. The maximum atomic E-state index is 13.6. The first kappa shape index (κ1) is 9.86. The van der Waals surface area contributed by atoms with E-state index in [1.807, 2.05) is 0 Å². The number of fused-ring (bicyclic) bond motifs is 1. The molecular formula is C10H5ClFNO2. The van der Waals surface area contributed by atoms with E-state index in [1.54, 1.807) is 12.1 Å². The van der Waals surface area contributed by atoms with Gasteiger partial charge in [-0.2, -0.15) is 0 Å². The lowest BCUT2D eigenvalue weighted by atomic mass is 10.2. The minimum atomic E-state index is -1.34. The first-order valence-corrected chi connectivity index (χ1v) is 4.46. The number of halogens is 2. The number of carboxylic acids is 1. The first-order chi connectivity index (χ1) is 7.11. The summed E-state index contributed by atoms with van der Waals surface area (Å²) in [6.45, 7) is 0. The standard InChI is InChI=1S/C10H5ClFNO2/c11-7-8(12)5-3-1-2-4-6(5)13-9(7)10(14)15/h1-4H,(H,14,15). The molecular weight excluding hydrogens is 221 g/mol. The molecule has 0 spiro atoms. The van der Waals surface area contributed by atoms with Gasteiger partial charge in [0.15, 0.2) is 11.5 Å². The number of para-hydroxylation sites is 1. The third-order valence-corrected chi connectivity index (χ3v) is 2.32. The highest BCUT2D eigenvalue weighted by Crippen LogP contribution is 2.25. The number of carboxylic acid groups (broad SMARTS) is 1. The van der Waals surface area contributed by atoms with Crippen LogP contribution in [0.1, 0.15) is 10.5 Å². The summed E-state index contributed by atoms with van der Waals surface area (Å²) in [6, 6.07) is 6.30. The predicted octanol–water partition coefficient (Wildman–Crippen LogP) is 2.73. The molecule has 0 aliphatic carbocycles. The van der Waals surface area contributed by atoms with E-state index in [4.69, 9.17) is 16.7 Å². The Hall–Kier alpha value is -1.68. The number of aromatic carboxylic acids is 1. The lowest BCUT2D eigenvalue weighted by molar-refractivity contribution is 0.0690. The van der Waals surface area contributed by atoms with Crippen LogP contribution in [0.25, 0.3) is 10.9 Å². The van der Waals surface area contributed by atoms with Crippen molar-refractivity contribution in [1.29, 1.82) is 0 Å². The van der Waals surface area contributed by atoms with Crippen LogP contribution in [0.5, 0.6) is 0 Å². The molecule has 0 aliphatic rings. The van der Waals surface area contributed by atoms with E-state index in [9.17, 15) is 9.18 Å². The summed E-state index contributed by atoms with van der Waals surface area (Å²) in [4.78, 5) is 14.5. The van der Waals surface area contributed by atoms with Crippen molar-refractivity contribution in [2.45, 2.75) is 0 Å². The number of aromatic nitrogens is 1. The second-order valence-electron chi connectivity index (χ2n) is 2.91. The third kappa shape index (κ3) is 1.53. The van der Waals surface area contributed by atoms with Gasteiger partial charge in [0.05, 0.1) is 5.52 Å². The summed E-state index contributed by atoms with van der Waals surface area (Å²) in [7, 11) is 0. The minimum absolute atomic E-state index is 0.215. The van der Waals surface area contributed by atoms with Crippen molar-refractivity contribution < 1.29 is 14.3 Å². The molecule has 76 valence electrons. The molecule has 3 nitrogen and oxygen atoms in total. The molecule has 0 bridgehead atoms. The minimum Gasteiger partial charge on any atom is -0.476 e. The molecule has 0 radical (unpaired) electrons. The zero-order chi connectivity index (χ0) is 11.0. The van der Waals surface area contributed by atoms with Gasteiger partial charge in [-0.25, -0.2) is 14.2 Å². The summed E-state index contributed by atoms with van der Waals surface area (Å²) >= 11 is 5.55. The second kappa shape index (κ2) is 3.47. The van der Waals surface area contributed by atoms with E-state index in [-0.39, 0.29) is 10.9 Å². The van der Waals surface area contributed by atoms with Crippen molar-refractivity contribution in [1.82, 2.24) is 4.98 Å². The van der Waals surface area contributed by atoms with E-state index in [0.29, 0.717) is 0 Å². The summed E-state index contributed by atoms with van der Waals surface area (Å²) in [6.07, 6.45) is 0. The molecule has 1 N–H and O–H groups in total. The molecule has 1 aromatic carbocycles. The third-order valence-electron chi connectivity index (χ3n) is 1.98. The molecule has 0 amide bonds. The molecule has 0 atom stereocenters. The Bertz CT molecular complexity index is 556. The van der Waals surface area contributed by atoms with Crippen molar-refractivity contribution in [2.24, 2.45) is 0 Å². The van der Waals surface area contributed by atoms with E-state index in [0.717, 1.165) is 0 Å². The van der Waals surface area contributed by atoms with Gasteiger partial charge in [-0.3, -0.25) is 0 Å². The molecule has 2 aromatic rings. The van der Waals surface area contributed by atoms with Crippen LogP contribution in [0.2, 0.25) is 5.02 Å². The quantitative estimate of drug-likeness (QED) is 0.812. The Kier molecular flexibility index (Phi) is 2.28.